The van der Waals surface area contributed by atoms with Gasteiger partial charge in [-0.05, 0) is 19.3 Å². The minimum absolute atomic E-state index is 0.287. The van der Waals surface area contributed by atoms with Crippen LogP contribution in [0.15, 0.2) is 12.2 Å². The van der Waals surface area contributed by atoms with E-state index in [-0.39, 0.29) is 6.61 Å². The first-order valence-corrected chi connectivity index (χ1v) is 8.67. The summed E-state index contributed by atoms with van der Waals surface area (Å²) in [5.41, 5.74) is 0. The molecule has 0 saturated carbocycles. The van der Waals surface area contributed by atoms with Crippen LogP contribution < -0.4 is 0 Å². The standard InChI is InChI=1S/C18H36O/c1-2-3-4-5-6-7-8-9-10-11-12-13-14-15-16-17-18-19/h15-16,19H,2-14,17-18H2,1H3/b16-15+. The molecule has 0 rings (SSSR count). The van der Waals surface area contributed by atoms with Crippen molar-refractivity contribution in [2.75, 3.05) is 6.61 Å². The minimum Gasteiger partial charge on any atom is -0.396 e. The highest BCUT2D eigenvalue weighted by atomic mass is 16.2. The van der Waals surface area contributed by atoms with Crippen molar-refractivity contribution in [3.63, 3.8) is 0 Å². The predicted octanol–water partition coefficient (Wildman–Crippen LogP) is 6.02. The second-order valence-corrected chi connectivity index (χ2v) is 5.66. The Morgan fingerprint density at radius 2 is 1.00 bits per heavy atom. The van der Waals surface area contributed by atoms with Crippen LogP contribution in [0.4, 0.5) is 0 Å². The number of aliphatic hydroxyl groups excluding tert-OH is 1. The molecule has 0 aliphatic heterocycles. The molecule has 19 heavy (non-hydrogen) atoms. The van der Waals surface area contributed by atoms with Crippen molar-refractivity contribution in [1.29, 1.82) is 0 Å². The second-order valence-electron chi connectivity index (χ2n) is 5.66. The van der Waals surface area contributed by atoms with Crippen molar-refractivity contribution < 1.29 is 5.11 Å². The maximum absolute atomic E-state index is 8.62. The molecule has 0 unspecified atom stereocenters. The normalized spacial score (nSPS) is 11.5. The molecule has 0 radical (unpaired) electrons. The minimum atomic E-state index is 0.287. The lowest BCUT2D eigenvalue weighted by Gasteiger charge is -2.02. The Bertz CT molecular complexity index is 175. The Morgan fingerprint density at radius 3 is 1.47 bits per heavy atom. The lowest BCUT2D eigenvalue weighted by Crippen LogP contribution is -1.82. The van der Waals surface area contributed by atoms with Crippen LogP contribution in [-0.4, -0.2) is 11.7 Å². The van der Waals surface area contributed by atoms with Crippen molar-refractivity contribution in [2.45, 2.75) is 96.8 Å². The van der Waals surface area contributed by atoms with E-state index in [1.807, 2.05) is 0 Å². The average Bonchev–Trinajstić information content (AvgIpc) is 2.43. The van der Waals surface area contributed by atoms with Crippen molar-refractivity contribution in [2.24, 2.45) is 0 Å². The molecule has 0 spiro atoms. The molecular weight excluding hydrogens is 232 g/mol. The summed E-state index contributed by atoms with van der Waals surface area (Å²) in [6, 6.07) is 0. The first-order valence-electron chi connectivity index (χ1n) is 8.67. The fourth-order valence-corrected chi connectivity index (χ4v) is 2.41. The average molecular weight is 268 g/mol. The molecule has 0 fully saturated rings. The maximum atomic E-state index is 8.62. The molecular formula is C18H36O. The third-order valence-electron chi connectivity index (χ3n) is 3.69. The number of aliphatic hydroxyl groups is 1. The number of allylic oxidation sites excluding steroid dienone is 1. The SMILES string of the molecule is CCCCCCCCCCCCCC/C=C/CCO. The fraction of sp³-hybridized carbons (Fsp3) is 0.889. The first kappa shape index (κ1) is 18.7. The quantitative estimate of drug-likeness (QED) is 0.284. The smallest absolute Gasteiger partial charge is 0.0465 e. The summed E-state index contributed by atoms with van der Waals surface area (Å²) >= 11 is 0. The zero-order valence-corrected chi connectivity index (χ0v) is 13.2. The summed E-state index contributed by atoms with van der Waals surface area (Å²) in [6.45, 7) is 2.57. The first-order chi connectivity index (χ1) is 9.41. The van der Waals surface area contributed by atoms with Gasteiger partial charge in [-0.25, -0.2) is 0 Å². The van der Waals surface area contributed by atoms with E-state index < -0.39 is 0 Å². The summed E-state index contributed by atoms with van der Waals surface area (Å²) in [5, 5.41) is 8.62. The van der Waals surface area contributed by atoms with Crippen molar-refractivity contribution in [3.8, 4) is 0 Å². The van der Waals surface area contributed by atoms with E-state index in [2.05, 4.69) is 19.1 Å². The van der Waals surface area contributed by atoms with Gasteiger partial charge in [0.15, 0.2) is 0 Å². The molecule has 0 atom stereocenters. The summed E-state index contributed by atoms with van der Waals surface area (Å²) < 4.78 is 0. The predicted molar refractivity (Wildman–Crippen MR) is 86.5 cm³/mol. The summed E-state index contributed by atoms with van der Waals surface area (Å²) in [6.07, 6.45) is 23.3. The van der Waals surface area contributed by atoms with Crippen molar-refractivity contribution >= 4 is 0 Å². The number of rotatable bonds is 15. The van der Waals surface area contributed by atoms with E-state index in [0.29, 0.717) is 0 Å². The van der Waals surface area contributed by atoms with Gasteiger partial charge in [-0.15, -0.1) is 0 Å². The highest BCUT2D eigenvalue weighted by Crippen LogP contribution is 2.12. The summed E-state index contributed by atoms with van der Waals surface area (Å²) in [7, 11) is 0. The topological polar surface area (TPSA) is 20.2 Å². The maximum Gasteiger partial charge on any atom is 0.0465 e. The van der Waals surface area contributed by atoms with E-state index in [0.717, 1.165) is 6.42 Å². The molecule has 1 nitrogen and oxygen atoms in total. The van der Waals surface area contributed by atoms with Crippen LogP contribution in [0, 0.1) is 0 Å². The second kappa shape index (κ2) is 17.7. The fourth-order valence-electron chi connectivity index (χ4n) is 2.41. The van der Waals surface area contributed by atoms with Gasteiger partial charge in [0.05, 0.1) is 0 Å². The van der Waals surface area contributed by atoms with Gasteiger partial charge >= 0.3 is 0 Å². The van der Waals surface area contributed by atoms with E-state index >= 15 is 0 Å². The van der Waals surface area contributed by atoms with Crippen LogP contribution in [0.1, 0.15) is 96.8 Å². The Morgan fingerprint density at radius 1 is 0.579 bits per heavy atom. The molecule has 0 aliphatic rings. The third kappa shape index (κ3) is 17.7. The number of hydrogen-bond donors (Lipinski definition) is 1. The van der Waals surface area contributed by atoms with Crippen molar-refractivity contribution in [1.82, 2.24) is 0 Å². The number of unbranched alkanes of at least 4 members (excludes halogenated alkanes) is 12. The molecule has 0 amide bonds. The van der Waals surface area contributed by atoms with E-state index in [4.69, 9.17) is 5.11 Å². The zero-order valence-electron chi connectivity index (χ0n) is 13.2. The van der Waals surface area contributed by atoms with E-state index in [1.54, 1.807) is 0 Å². The molecule has 0 heterocycles. The van der Waals surface area contributed by atoms with Crippen LogP contribution in [0.5, 0.6) is 0 Å². The molecule has 1 N–H and O–H groups in total. The Labute approximate surface area is 121 Å². The van der Waals surface area contributed by atoms with Gasteiger partial charge in [-0.1, -0.05) is 89.7 Å². The molecule has 0 aliphatic carbocycles. The highest BCUT2D eigenvalue weighted by molar-refractivity contribution is 4.80. The monoisotopic (exact) mass is 268 g/mol. The molecule has 0 saturated heterocycles. The largest absolute Gasteiger partial charge is 0.396 e. The van der Waals surface area contributed by atoms with E-state index in [1.165, 1.54) is 83.5 Å². The third-order valence-corrected chi connectivity index (χ3v) is 3.69. The van der Waals surface area contributed by atoms with Gasteiger partial charge in [0.25, 0.3) is 0 Å². The van der Waals surface area contributed by atoms with Crippen LogP contribution >= 0.6 is 0 Å². The molecule has 1 heteroatoms. The lowest BCUT2D eigenvalue weighted by molar-refractivity contribution is 0.302. The van der Waals surface area contributed by atoms with Gasteiger partial charge in [0, 0.05) is 6.61 Å². The van der Waals surface area contributed by atoms with Gasteiger partial charge in [0.2, 0.25) is 0 Å². The van der Waals surface area contributed by atoms with Gasteiger partial charge < -0.3 is 5.11 Å². The molecule has 114 valence electrons. The molecule has 0 bridgehead atoms. The molecule has 0 aromatic carbocycles. The summed E-state index contributed by atoms with van der Waals surface area (Å²) in [5.74, 6) is 0. The van der Waals surface area contributed by atoms with Crippen LogP contribution in [0.25, 0.3) is 0 Å². The lowest BCUT2D eigenvalue weighted by atomic mass is 10.0. The Hall–Kier alpha value is -0.300. The summed E-state index contributed by atoms with van der Waals surface area (Å²) in [4.78, 5) is 0. The Balaban J connectivity index is 2.95. The molecule has 0 aromatic heterocycles. The Kier molecular flexibility index (Phi) is 17.4. The van der Waals surface area contributed by atoms with Gasteiger partial charge in [0.1, 0.15) is 0 Å². The van der Waals surface area contributed by atoms with Crippen LogP contribution in [0.2, 0.25) is 0 Å². The van der Waals surface area contributed by atoms with Crippen LogP contribution in [-0.2, 0) is 0 Å². The van der Waals surface area contributed by atoms with Gasteiger partial charge in [-0.3, -0.25) is 0 Å². The molecule has 0 aromatic rings. The highest BCUT2D eigenvalue weighted by Gasteiger charge is 1.92. The van der Waals surface area contributed by atoms with Gasteiger partial charge in [-0.2, -0.15) is 0 Å². The van der Waals surface area contributed by atoms with Crippen LogP contribution in [0.3, 0.4) is 0 Å². The number of hydrogen-bond acceptors (Lipinski definition) is 1. The van der Waals surface area contributed by atoms with E-state index in [9.17, 15) is 0 Å². The zero-order chi connectivity index (χ0) is 14.0. The van der Waals surface area contributed by atoms with Crippen molar-refractivity contribution in [3.05, 3.63) is 12.2 Å².